The van der Waals surface area contributed by atoms with E-state index in [0.717, 1.165) is 14.9 Å². The third-order valence-corrected chi connectivity index (χ3v) is 3.09. The first kappa shape index (κ1) is 10.8. The molecule has 0 saturated heterocycles. The number of nitrogens with zero attached hydrogens (tertiary/aromatic N) is 1. The third-order valence-electron chi connectivity index (χ3n) is 1.64. The van der Waals surface area contributed by atoms with Gasteiger partial charge in [-0.1, -0.05) is 15.9 Å². The number of hydrogen-bond donors (Lipinski definition) is 0. The highest BCUT2D eigenvalue weighted by Gasteiger charge is 2.06. The molecule has 0 atom stereocenters. The van der Waals surface area contributed by atoms with Crippen LogP contribution in [0.25, 0.3) is 0 Å². The molecule has 0 aliphatic rings. The van der Waals surface area contributed by atoms with Crippen molar-refractivity contribution in [1.82, 2.24) is 0 Å². The molecule has 13 heavy (non-hydrogen) atoms. The summed E-state index contributed by atoms with van der Waals surface area (Å²) in [6.07, 6.45) is 0. The van der Waals surface area contributed by atoms with Crippen LogP contribution < -0.4 is 4.74 Å². The fraction of sp³-hybridized carbons (Fsp3) is 0.222. The molecule has 0 heterocycles. The van der Waals surface area contributed by atoms with Crippen LogP contribution in [0.2, 0.25) is 0 Å². The van der Waals surface area contributed by atoms with E-state index in [-0.39, 0.29) is 0 Å². The van der Waals surface area contributed by atoms with Crippen molar-refractivity contribution in [2.24, 2.45) is 0 Å². The fourth-order valence-corrected chi connectivity index (χ4v) is 2.12. The molecule has 0 amide bonds. The van der Waals surface area contributed by atoms with Gasteiger partial charge in [0.05, 0.1) is 22.3 Å². The number of ether oxygens (including phenoxy) is 1. The van der Waals surface area contributed by atoms with Gasteiger partial charge in [-0.15, -0.1) is 0 Å². The van der Waals surface area contributed by atoms with Crippen molar-refractivity contribution in [3.63, 3.8) is 0 Å². The van der Waals surface area contributed by atoms with Gasteiger partial charge in [-0.25, -0.2) is 0 Å². The van der Waals surface area contributed by atoms with Gasteiger partial charge in [0.15, 0.2) is 0 Å². The first-order chi connectivity index (χ1) is 6.22. The molecule has 0 saturated carbocycles. The highest BCUT2D eigenvalue weighted by atomic mass is 127. The number of alkyl halides is 1. The Morgan fingerprint density at radius 2 is 2.31 bits per heavy atom. The number of rotatable bonds is 2. The molecular weight excluding hydrogens is 345 g/mol. The summed E-state index contributed by atoms with van der Waals surface area (Å²) in [5.41, 5.74) is 1.65. The molecule has 0 aliphatic heterocycles. The largest absolute Gasteiger partial charge is 0.496 e. The first-order valence-electron chi connectivity index (χ1n) is 3.55. The van der Waals surface area contributed by atoms with Crippen LogP contribution in [0.3, 0.4) is 0 Å². The Morgan fingerprint density at radius 3 is 2.77 bits per heavy atom. The number of methoxy groups -OCH3 is 1. The molecule has 0 bridgehead atoms. The Hall–Kier alpha value is -0.280. The molecule has 1 rings (SSSR count). The highest BCUT2D eigenvalue weighted by Crippen LogP contribution is 2.26. The van der Waals surface area contributed by atoms with Gasteiger partial charge in [-0.3, -0.25) is 0 Å². The van der Waals surface area contributed by atoms with Gasteiger partial charge < -0.3 is 4.74 Å². The Kier molecular flexibility index (Phi) is 4.00. The lowest BCUT2D eigenvalue weighted by Crippen LogP contribution is -1.92. The molecule has 4 heteroatoms. The van der Waals surface area contributed by atoms with E-state index >= 15 is 0 Å². The maximum Gasteiger partial charge on any atom is 0.132 e. The van der Waals surface area contributed by atoms with Crippen molar-refractivity contribution in [2.75, 3.05) is 7.11 Å². The molecule has 0 spiro atoms. The minimum Gasteiger partial charge on any atom is -0.496 e. The van der Waals surface area contributed by atoms with E-state index in [1.54, 1.807) is 7.11 Å². The summed E-state index contributed by atoms with van der Waals surface area (Å²) in [5.74, 6) is 0.814. The number of hydrogen-bond acceptors (Lipinski definition) is 2. The lowest BCUT2D eigenvalue weighted by molar-refractivity contribution is 0.411. The molecule has 2 nitrogen and oxygen atoms in total. The number of halogens is 2. The van der Waals surface area contributed by atoms with Gasteiger partial charge in [-0.05, 0) is 40.3 Å². The van der Waals surface area contributed by atoms with Gasteiger partial charge in [0.2, 0.25) is 0 Å². The van der Waals surface area contributed by atoms with E-state index in [0.29, 0.717) is 10.9 Å². The Labute approximate surface area is 99.2 Å². The Balaban J connectivity index is 3.28. The average molecular weight is 352 g/mol. The van der Waals surface area contributed by atoms with Crippen LogP contribution in [0.5, 0.6) is 5.75 Å². The van der Waals surface area contributed by atoms with Gasteiger partial charge in [-0.2, -0.15) is 5.26 Å². The summed E-state index contributed by atoms with van der Waals surface area (Å²) in [7, 11) is 1.63. The zero-order valence-electron chi connectivity index (χ0n) is 6.97. The van der Waals surface area contributed by atoms with E-state index < -0.39 is 0 Å². The van der Waals surface area contributed by atoms with Crippen molar-refractivity contribution in [2.45, 2.75) is 5.33 Å². The normalized spacial score (nSPS) is 9.38. The predicted octanol–water partition coefficient (Wildman–Crippen LogP) is 3.07. The highest BCUT2D eigenvalue weighted by molar-refractivity contribution is 14.1. The van der Waals surface area contributed by atoms with Crippen molar-refractivity contribution < 1.29 is 4.74 Å². The maximum absolute atomic E-state index is 8.82. The Morgan fingerprint density at radius 1 is 1.62 bits per heavy atom. The molecule has 0 radical (unpaired) electrons. The van der Waals surface area contributed by atoms with Crippen molar-refractivity contribution in [3.8, 4) is 11.8 Å². The molecular formula is C9H7BrINO. The van der Waals surface area contributed by atoms with Crippen LogP contribution in [0.1, 0.15) is 11.1 Å². The molecule has 0 aromatic heterocycles. The van der Waals surface area contributed by atoms with E-state index in [4.69, 9.17) is 10.00 Å². The summed E-state index contributed by atoms with van der Waals surface area (Å²) in [4.78, 5) is 0. The molecule has 1 aromatic rings. The maximum atomic E-state index is 8.82. The molecule has 0 unspecified atom stereocenters. The Bertz CT molecular complexity index is 359. The zero-order chi connectivity index (χ0) is 9.84. The fourth-order valence-electron chi connectivity index (χ4n) is 0.967. The van der Waals surface area contributed by atoms with Gasteiger partial charge >= 0.3 is 0 Å². The van der Waals surface area contributed by atoms with Crippen LogP contribution >= 0.6 is 38.5 Å². The quantitative estimate of drug-likeness (QED) is 0.606. The van der Waals surface area contributed by atoms with Crippen LogP contribution in [0, 0.1) is 14.9 Å². The lowest BCUT2D eigenvalue weighted by atomic mass is 10.1. The van der Waals surface area contributed by atoms with Crippen LogP contribution in [0.4, 0.5) is 0 Å². The summed E-state index contributed by atoms with van der Waals surface area (Å²) >= 11 is 5.48. The second kappa shape index (κ2) is 4.82. The third kappa shape index (κ3) is 2.35. The monoisotopic (exact) mass is 351 g/mol. The van der Waals surface area contributed by atoms with Crippen LogP contribution in [-0.4, -0.2) is 7.11 Å². The second-order valence-corrected chi connectivity index (χ2v) is 4.11. The minimum atomic E-state index is 0.670. The molecule has 1 aromatic carbocycles. The standard InChI is InChI=1S/C9H7BrINO/c1-13-9-3-6(4-10)7(5-12)2-8(9)11/h2-3H,4H2,1H3. The summed E-state index contributed by atoms with van der Waals surface area (Å²) in [6.45, 7) is 0. The average Bonchev–Trinajstić information content (AvgIpc) is 2.17. The smallest absolute Gasteiger partial charge is 0.132 e. The van der Waals surface area contributed by atoms with Crippen LogP contribution in [-0.2, 0) is 5.33 Å². The molecule has 68 valence electrons. The van der Waals surface area contributed by atoms with Crippen molar-refractivity contribution >= 4 is 38.5 Å². The summed E-state index contributed by atoms with van der Waals surface area (Å²) in [5, 5.41) is 9.49. The second-order valence-electron chi connectivity index (χ2n) is 2.39. The first-order valence-corrected chi connectivity index (χ1v) is 5.75. The summed E-state index contributed by atoms with van der Waals surface area (Å²) < 4.78 is 6.11. The molecule has 0 N–H and O–H groups in total. The topological polar surface area (TPSA) is 33.0 Å². The van der Waals surface area contributed by atoms with E-state index in [9.17, 15) is 0 Å². The van der Waals surface area contributed by atoms with E-state index in [1.165, 1.54) is 0 Å². The number of nitriles is 1. The van der Waals surface area contributed by atoms with E-state index in [2.05, 4.69) is 44.6 Å². The van der Waals surface area contributed by atoms with E-state index in [1.807, 2.05) is 12.1 Å². The summed E-state index contributed by atoms with van der Waals surface area (Å²) in [6, 6.07) is 5.86. The predicted molar refractivity (Wildman–Crippen MR) is 63.1 cm³/mol. The van der Waals surface area contributed by atoms with Crippen molar-refractivity contribution in [1.29, 1.82) is 5.26 Å². The lowest BCUT2D eigenvalue weighted by Gasteiger charge is -2.06. The van der Waals surface area contributed by atoms with Gasteiger partial charge in [0, 0.05) is 5.33 Å². The molecule has 0 aliphatic carbocycles. The zero-order valence-corrected chi connectivity index (χ0v) is 10.7. The van der Waals surface area contributed by atoms with Crippen LogP contribution in [0.15, 0.2) is 12.1 Å². The van der Waals surface area contributed by atoms with Crippen molar-refractivity contribution in [3.05, 3.63) is 26.8 Å². The SMILES string of the molecule is COc1cc(CBr)c(C#N)cc1I. The van der Waals surface area contributed by atoms with Gasteiger partial charge in [0.1, 0.15) is 5.75 Å². The molecule has 0 fully saturated rings. The minimum absolute atomic E-state index is 0.670. The van der Waals surface area contributed by atoms with Gasteiger partial charge in [0.25, 0.3) is 0 Å². The number of benzene rings is 1.